The first-order chi connectivity index (χ1) is 9.79. The van der Waals surface area contributed by atoms with Gasteiger partial charge in [-0.1, -0.05) is 13.0 Å². The monoisotopic (exact) mass is 273 g/mol. The van der Waals surface area contributed by atoms with E-state index in [0.717, 1.165) is 37.6 Å². The Hall–Kier alpha value is -1.65. The topological polar surface area (TPSA) is 41.3 Å². The molecule has 4 nitrogen and oxygen atoms in total. The zero-order valence-electron chi connectivity index (χ0n) is 12.2. The van der Waals surface area contributed by atoms with Gasteiger partial charge in [0.2, 0.25) is 0 Å². The number of hydrogen-bond acceptors (Lipinski definition) is 4. The molecule has 0 aliphatic carbocycles. The molecule has 1 unspecified atom stereocenters. The Balaban J connectivity index is 1.74. The molecule has 2 heterocycles. The summed E-state index contributed by atoms with van der Waals surface area (Å²) in [5.41, 5.74) is 1.12. The Morgan fingerprint density at radius 2 is 2.20 bits per heavy atom. The van der Waals surface area contributed by atoms with Crippen LogP contribution in [0.2, 0.25) is 0 Å². The lowest BCUT2D eigenvalue weighted by Crippen LogP contribution is -2.33. The van der Waals surface area contributed by atoms with Gasteiger partial charge >= 0.3 is 0 Å². The molecule has 0 fully saturated rings. The summed E-state index contributed by atoms with van der Waals surface area (Å²) in [6, 6.07) is 10.2. The summed E-state index contributed by atoms with van der Waals surface area (Å²) in [6.07, 6.45) is 3.56. The SMILES string of the molecule is CCN(CCNC(C)c1ccco1)Cc1ccccn1. The number of nitrogens with one attached hydrogen (secondary N) is 1. The second-order valence-corrected chi connectivity index (χ2v) is 4.88. The molecule has 0 amide bonds. The number of nitrogens with zero attached hydrogens (tertiary/aromatic N) is 2. The first kappa shape index (κ1) is 14.8. The summed E-state index contributed by atoms with van der Waals surface area (Å²) >= 11 is 0. The Kier molecular flexibility index (Phi) is 5.77. The third-order valence-corrected chi connectivity index (χ3v) is 3.41. The van der Waals surface area contributed by atoms with Gasteiger partial charge in [-0.3, -0.25) is 9.88 Å². The molecule has 2 aromatic heterocycles. The predicted octanol–water partition coefficient (Wildman–Crippen LogP) is 2.85. The van der Waals surface area contributed by atoms with Crippen molar-refractivity contribution in [3.8, 4) is 0 Å². The van der Waals surface area contributed by atoms with Crippen LogP contribution in [0.3, 0.4) is 0 Å². The number of rotatable bonds is 8. The molecule has 1 atom stereocenters. The standard InChI is InChI=1S/C16H23N3O/c1-3-19(13-15-7-4-5-9-18-15)11-10-17-14(2)16-8-6-12-20-16/h4-9,12,14,17H,3,10-11,13H2,1-2H3. The number of hydrogen-bond donors (Lipinski definition) is 1. The van der Waals surface area contributed by atoms with E-state index < -0.39 is 0 Å². The second-order valence-electron chi connectivity index (χ2n) is 4.88. The van der Waals surface area contributed by atoms with Crippen molar-refractivity contribution in [2.45, 2.75) is 26.4 Å². The van der Waals surface area contributed by atoms with E-state index >= 15 is 0 Å². The molecule has 0 saturated heterocycles. The number of pyridine rings is 1. The predicted molar refractivity (Wildman–Crippen MR) is 80.3 cm³/mol. The van der Waals surface area contributed by atoms with Crippen LogP contribution in [0.1, 0.15) is 31.3 Å². The third-order valence-electron chi connectivity index (χ3n) is 3.41. The molecule has 0 aliphatic heterocycles. The Bertz CT molecular complexity index is 470. The van der Waals surface area contributed by atoms with E-state index in [0.29, 0.717) is 0 Å². The van der Waals surface area contributed by atoms with E-state index in [1.807, 2.05) is 30.5 Å². The third kappa shape index (κ3) is 4.47. The van der Waals surface area contributed by atoms with E-state index in [9.17, 15) is 0 Å². The van der Waals surface area contributed by atoms with Gasteiger partial charge in [0.15, 0.2) is 0 Å². The Labute approximate surface area is 120 Å². The Morgan fingerprint density at radius 1 is 1.30 bits per heavy atom. The summed E-state index contributed by atoms with van der Waals surface area (Å²) in [7, 11) is 0. The summed E-state index contributed by atoms with van der Waals surface area (Å²) in [5, 5.41) is 3.48. The minimum atomic E-state index is 0.249. The van der Waals surface area contributed by atoms with Crippen LogP contribution in [0.25, 0.3) is 0 Å². The summed E-state index contributed by atoms with van der Waals surface area (Å²) in [5.74, 6) is 0.984. The number of aromatic nitrogens is 1. The highest BCUT2D eigenvalue weighted by Crippen LogP contribution is 2.11. The fourth-order valence-corrected chi connectivity index (χ4v) is 2.15. The average molecular weight is 273 g/mol. The fraction of sp³-hybridized carbons (Fsp3) is 0.438. The molecule has 0 saturated carbocycles. The normalized spacial score (nSPS) is 12.8. The fourth-order valence-electron chi connectivity index (χ4n) is 2.15. The van der Waals surface area contributed by atoms with Crippen molar-refractivity contribution < 1.29 is 4.42 Å². The largest absolute Gasteiger partial charge is 0.468 e. The zero-order chi connectivity index (χ0) is 14.2. The average Bonchev–Trinajstić information content (AvgIpc) is 3.01. The first-order valence-corrected chi connectivity index (χ1v) is 7.18. The Morgan fingerprint density at radius 3 is 2.85 bits per heavy atom. The van der Waals surface area contributed by atoms with Crippen LogP contribution >= 0.6 is 0 Å². The molecule has 0 spiro atoms. The van der Waals surface area contributed by atoms with E-state index in [1.165, 1.54) is 0 Å². The highest BCUT2D eigenvalue weighted by atomic mass is 16.3. The van der Waals surface area contributed by atoms with Crippen LogP contribution in [0.15, 0.2) is 47.2 Å². The van der Waals surface area contributed by atoms with Gasteiger partial charge in [0.1, 0.15) is 5.76 Å². The zero-order valence-corrected chi connectivity index (χ0v) is 12.2. The van der Waals surface area contributed by atoms with Crippen molar-refractivity contribution in [1.29, 1.82) is 0 Å². The van der Waals surface area contributed by atoms with Gasteiger partial charge in [0, 0.05) is 25.8 Å². The smallest absolute Gasteiger partial charge is 0.120 e. The van der Waals surface area contributed by atoms with Crippen molar-refractivity contribution in [3.63, 3.8) is 0 Å². The van der Waals surface area contributed by atoms with Crippen molar-refractivity contribution in [2.75, 3.05) is 19.6 Å². The first-order valence-electron chi connectivity index (χ1n) is 7.18. The summed E-state index contributed by atoms with van der Waals surface area (Å²) < 4.78 is 5.39. The molecule has 4 heteroatoms. The van der Waals surface area contributed by atoms with Crippen molar-refractivity contribution in [2.24, 2.45) is 0 Å². The van der Waals surface area contributed by atoms with Crippen LogP contribution < -0.4 is 5.32 Å². The van der Waals surface area contributed by atoms with Gasteiger partial charge in [-0.25, -0.2) is 0 Å². The molecular weight excluding hydrogens is 250 g/mol. The lowest BCUT2D eigenvalue weighted by Gasteiger charge is -2.21. The maximum absolute atomic E-state index is 5.39. The highest BCUT2D eigenvalue weighted by molar-refractivity contribution is 5.04. The van der Waals surface area contributed by atoms with Gasteiger partial charge in [-0.05, 0) is 37.7 Å². The molecule has 0 aliphatic rings. The summed E-state index contributed by atoms with van der Waals surface area (Å²) in [6.45, 7) is 8.15. The van der Waals surface area contributed by atoms with Crippen LogP contribution in [0, 0.1) is 0 Å². The molecule has 2 rings (SSSR count). The molecular formula is C16H23N3O. The van der Waals surface area contributed by atoms with E-state index in [4.69, 9.17) is 4.42 Å². The molecule has 0 aromatic carbocycles. The number of likely N-dealkylation sites (N-methyl/N-ethyl adjacent to an activating group) is 1. The summed E-state index contributed by atoms with van der Waals surface area (Å²) in [4.78, 5) is 6.75. The minimum absolute atomic E-state index is 0.249. The minimum Gasteiger partial charge on any atom is -0.468 e. The van der Waals surface area contributed by atoms with Gasteiger partial charge in [0.05, 0.1) is 18.0 Å². The van der Waals surface area contributed by atoms with E-state index in [1.54, 1.807) is 6.26 Å². The quantitative estimate of drug-likeness (QED) is 0.803. The molecule has 0 radical (unpaired) electrons. The molecule has 0 bridgehead atoms. The van der Waals surface area contributed by atoms with Crippen LogP contribution in [0.5, 0.6) is 0 Å². The number of furan rings is 1. The van der Waals surface area contributed by atoms with E-state index in [2.05, 4.69) is 35.1 Å². The van der Waals surface area contributed by atoms with Gasteiger partial charge < -0.3 is 9.73 Å². The molecule has 108 valence electrons. The molecule has 1 N–H and O–H groups in total. The van der Waals surface area contributed by atoms with Crippen LogP contribution in [0.4, 0.5) is 0 Å². The van der Waals surface area contributed by atoms with Crippen molar-refractivity contribution >= 4 is 0 Å². The maximum Gasteiger partial charge on any atom is 0.120 e. The van der Waals surface area contributed by atoms with Gasteiger partial charge in [-0.15, -0.1) is 0 Å². The lowest BCUT2D eigenvalue weighted by molar-refractivity contribution is 0.269. The van der Waals surface area contributed by atoms with Gasteiger partial charge in [-0.2, -0.15) is 0 Å². The molecule has 20 heavy (non-hydrogen) atoms. The lowest BCUT2D eigenvalue weighted by atomic mass is 10.2. The van der Waals surface area contributed by atoms with Crippen molar-refractivity contribution in [1.82, 2.24) is 15.2 Å². The van der Waals surface area contributed by atoms with Crippen LogP contribution in [-0.2, 0) is 6.54 Å². The maximum atomic E-state index is 5.39. The van der Waals surface area contributed by atoms with Gasteiger partial charge in [0.25, 0.3) is 0 Å². The molecule has 2 aromatic rings. The second kappa shape index (κ2) is 7.82. The van der Waals surface area contributed by atoms with Crippen LogP contribution in [-0.4, -0.2) is 29.5 Å². The van der Waals surface area contributed by atoms with Crippen molar-refractivity contribution in [3.05, 3.63) is 54.2 Å². The highest BCUT2D eigenvalue weighted by Gasteiger charge is 2.08. The van der Waals surface area contributed by atoms with E-state index in [-0.39, 0.29) is 6.04 Å².